The average molecular weight is 340 g/mol. The molecule has 4 heteroatoms. The van der Waals surface area contributed by atoms with E-state index in [1.54, 1.807) is 12.1 Å². The van der Waals surface area contributed by atoms with Gasteiger partial charge in [0.05, 0.1) is 0 Å². The van der Waals surface area contributed by atoms with Gasteiger partial charge in [0, 0.05) is 30.8 Å². The number of hydrogen-bond donors (Lipinski definition) is 0. The van der Waals surface area contributed by atoms with Crippen molar-refractivity contribution in [1.82, 2.24) is 4.90 Å². The van der Waals surface area contributed by atoms with Crippen molar-refractivity contribution in [3.63, 3.8) is 0 Å². The molecule has 0 aromatic heterocycles. The van der Waals surface area contributed by atoms with E-state index < -0.39 is 0 Å². The van der Waals surface area contributed by atoms with Crippen LogP contribution in [0.3, 0.4) is 0 Å². The van der Waals surface area contributed by atoms with E-state index >= 15 is 0 Å². The lowest BCUT2D eigenvalue weighted by atomic mass is 10.0. The monoisotopic (exact) mass is 340 g/mol. The number of likely N-dealkylation sites (tertiary alicyclic amines) is 1. The Bertz CT molecular complexity index is 721. The second-order valence-electron chi connectivity index (χ2n) is 6.92. The van der Waals surface area contributed by atoms with Crippen molar-refractivity contribution < 1.29 is 9.18 Å². The summed E-state index contributed by atoms with van der Waals surface area (Å²) in [4.78, 5) is 17.1. The average Bonchev–Trinajstić information content (AvgIpc) is 2.62. The molecule has 0 spiro atoms. The number of carbonyl (C=O) groups excluding carboxylic acids is 1. The first-order valence-electron chi connectivity index (χ1n) is 8.82. The summed E-state index contributed by atoms with van der Waals surface area (Å²) in [5.74, 6) is -0.308. The maximum atomic E-state index is 13.0. The topological polar surface area (TPSA) is 23.6 Å². The Morgan fingerprint density at radius 3 is 2.52 bits per heavy atom. The van der Waals surface area contributed by atoms with E-state index in [0.29, 0.717) is 18.0 Å². The molecule has 25 heavy (non-hydrogen) atoms. The van der Waals surface area contributed by atoms with Crippen LogP contribution in [0.15, 0.2) is 48.5 Å². The molecule has 0 atom stereocenters. The normalized spacial score (nSPS) is 16.0. The van der Waals surface area contributed by atoms with Gasteiger partial charge >= 0.3 is 0 Å². The second-order valence-corrected chi connectivity index (χ2v) is 6.92. The predicted octanol–water partition coefficient (Wildman–Crippen LogP) is 3.78. The maximum absolute atomic E-state index is 13.0. The second kappa shape index (κ2) is 7.79. The van der Waals surface area contributed by atoms with Crippen molar-refractivity contribution >= 4 is 11.5 Å². The number of piperidine rings is 1. The fourth-order valence-corrected chi connectivity index (χ4v) is 3.40. The minimum atomic E-state index is -0.321. The van der Waals surface area contributed by atoms with Crippen LogP contribution in [-0.4, -0.2) is 43.9 Å². The molecule has 0 amide bonds. The molecule has 3 nitrogen and oxygen atoms in total. The van der Waals surface area contributed by atoms with E-state index in [9.17, 15) is 9.18 Å². The van der Waals surface area contributed by atoms with Gasteiger partial charge in [-0.3, -0.25) is 4.79 Å². The summed E-state index contributed by atoms with van der Waals surface area (Å²) in [6.07, 6.45) is 2.65. The van der Waals surface area contributed by atoms with Crippen molar-refractivity contribution in [2.75, 3.05) is 32.1 Å². The van der Waals surface area contributed by atoms with Crippen LogP contribution in [0.1, 0.15) is 28.8 Å². The predicted molar refractivity (Wildman–Crippen MR) is 99.8 cm³/mol. The number of anilines is 1. The molecule has 1 aliphatic heterocycles. The van der Waals surface area contributed by atoms with Gasteiger partial charge in [0.15, 0.2) is 5.78 Å². The highest BCUT2D eigenvalue weighted by Gasteiger charge is 2.21. The number of benzene rings is 2. The van der Waals surface area contributed by atoms with Gasteiger partial charge in [-0.25, -0.2) is 4.39 Å². The molecule has 0 saturated carbocycles. The van der Waals surface area contributed by atoms with E-state index in [1.165, 1.54) is 12.1 Å². The molecule has 1 aliphatic rings. The van der Waals surface area contributed by atoms with Crippen molar-refractivity contribution in [2.45, 2.75) is 25.3 Å². The fourth-order valence-electron chi connectivity index (χ4n) is 3.40. The van der Waals surface area contributed by atoms with Crippen LogP contribution < -0.4 is 4.90 Å². The highest BCUT2D eigenvalue weighted by Crippen LogP contribution is 2.23. The Kier molecular flexibility index (Phi) is 5.49. The highest BCUT2D eigenvalue weighted by atomic mass is 19.1. The number of rotatable bonds is 5. The Balaban J connectivity index is 1.68. The Morgan fingerprint density at radius 1 is 1.16 bits per heavy atom. The van der Waals surface area contributed by atoms with Crippen molar-refractivity contribution in [1.29, 1.82) is 0 Å². The number of hydrogen-bond acceptors (Lipinski definition) is 3. The summed E-state index contributed by atoms with van der Waals surface area (Å²) in [7, 11) is 4.30. The van der Waals surface area contributed by atoms with Crippen LogP contribution in [0.4, 0.5) is 10.1 Å². The molecular formula is C21H25FN2O. The lowest BCUT2D eigenvalue weighted by molar-refractivity contribution is 0.0993. The first-order chi connectivity index (χ1) is 12.0. The van der Waals surface area contributed by atoms with Gasteiger partial charge in [0.25, 0.3) is 0 Å². The van der Waals surface area contributed by atoms with E-state index in [0.717, 1.165) is 37.2 Å². The molecule has 2 aromatic carbocycles. The molecule has 3 rings (SSSR count). The molecule has 2 aromatic rings. The molecular weight excluding hydrogens is 315 g/mol. The third-order valence-corrected chi connectivity index (χ3v) is 5.08. The smallest absolute Gasteiger partial charge is 0.167 e. The number of carbonyl (C=O) groups is 1. The molecule has 1 fully saturated rings. The third kappa shape index (κ3) is 4.45. The molecule has 0 radical (unpaired) electrons. The lowest BCUT2D eigenvalue weighted by Gasteiger charge is -2.36. The zero-order valence-electron chi connectivity index (χ0n) is 14.9. The standard InChI is InChI=1S/C21H25FN2O/c1-23-12-10-19(11-13-23)24(2)20-5-3-4-16(14-20)15-21(25)17-6-8-18(22)9-7-17/h3-9,14,19H,10-13,15H2,1-2H3. The largest absolute Gasteiger partial charge is 0.372 e. The lowest BCUT2D eigenvalue weighted by Crippen LogP contribution is -2.42. The zero-order chi connectivity index (χ0) is 17.8. The minimum Gasteiger partial charge on any atom is -0.372 e. The molecule has 132 valence electrons. The van der Waals surface area contributed by atoms with Gasteiger partial charge in [0.2, 0.25) is 0 Å². The molecule has 1 saturated heterocycles. The van der Waals surface area contributed by atoms with Gasteiger partial charge in [-0.2, -0.15) is 0 Å². The van der Waals surface area contributed by atoms with Gasteiger partial charge in [-0.1, -0.05) is 12.1 Å². The van der Waals surface area contributed by atoms with E-state index in [2.05, 4.69) is 36.0 Å². The van der Waals surface area contributed by atoms with Crippen LogP contribution in [0.2, 0.25) is 0 Å². The molecule has 1 heterocycles. The van der Waals surface area contributed by atoms with Crippen LogP contribution in [0, 0.1) is 5.82 Å². The Morgan fingerprint density at radius 2 is 1.84 bits per heavy atom. The van der Waals surface area contributed by atoms with Gasteiger partial charge in [-0.15, -0.1) is 0 Å². The Hall–Kier alpha value is -2.20. The van der Waals surface area contributed by atoms with Crippen LogP contribution in [-0.2, 0) is 6.42 Å². The van der Waals surface area contributed by atoms with Crippen molar-refractivity contribution in [3.05, 3.63) is 65.5 Å². The molecule has 0 aliphatic carbocycles. The molecule has 0 N–H and O–H groups in total. The number of Topliss-reactive ketones (excluding diaryl/α,β-unsaturated/α-hetero) is 1. The summed E-state index contributed by atoms with van der Waals surface area (Å²) in [6, 6.07) is 14.5. The Labute approximate surface area is 149 Å². The number of halogens is 1. The quantitative estimate of drug-likeness (QED) is 0.774. The zero-order valence-corrected chi connectivity index (χ0v) is 14.9. The first-order valence-corrected chi connectivity index (χ1v) is 8.82. The van der Waals surface area contributed by atoms with Crippen LogP contribution in [0.25, 0.3) is 0 Å². The summed E-state index contributed by atoms with van der Waals surface area (Å²) < 4.78 is 13.0. The fraction of sp³-hybridized carbons (Fsp3) is 0.381. The van der Waals surface area contributed by atoms with E-state index in [1.807, 2.05) is 12.1 Å². The summed E-state index contributed by atoms with van der Waals surface area (Å²) >= 11 is 0. The SMILES string of the molecule is CN1CCC(N(C)c2cccc(CC(=O)c3ccc(F)cc3)c2)CC1. The summed E-state index contributed by atoms with van der Waals surface area (Å²) in [5.41, 5.74) is 2.70. The van der Waals surface area contributed by atoms with E-state index in [-0.39, 0.29) is 11.6 Å². The highest BCUT2D eigenvalue weighted by molar-refractivity contribution is 5.97. The van der Waals surface area contributed by atoms with Crippen LogP contribution in [0.5, 0.6) is 0 Å². The van der Waals surface area contributed by atoms with Crippen molar-refractivity contribution in [2.24, 2.45) is 0 Å². The summed E-state index contributed by atoms with van der Waals surface area (Å²) in [5, 5.41) is 0. The van der Waals surface area contributed by atoms with Gasteiger partial charge in [0.1, 0.15) is 5.82 Å². The third-order valence-electron chi connectivity index (χ3n) is 5.08. The minimum absolute atomic E-state index is 0.0131. The van der Waals surface area contributed by atoms with Gasteiger partial charge < -0.3 is 9.80 Å². The molecule has 0 bridgehead atoms. The maximum Gasteiger partial charge on any atom is 0.167 e. The van der Waals surface area contributed by atoms with Crippen LogP contribution >= 0.6 is 0 Å². The molecule has 0 unspecified atom stereocenters. The summed E-state index contributed by atoms with van der Waals surface area (Å²) in [6.45, 7) is 2.25. The van der Waals surface area contributed by atoms with Gasteiger partial charge in [-0.05, 0) is 74.9 Å². The first kappa shape index (κ1) is 17.6. The van der Waals surface area contributed by atoms with E-state index in [4.69, 9.17) is 0 Å². The van der Waals surface area contributed by atoms with Crippen molar-refractivity contribution in [3.8, 4) is 0 Å². The number of nitrogens with zero attached hydrogens (tertiary/aromatic N) is 2. The number of ketones is 1.